The monoisotopic (exact) mass is 522 g/mol. The van der Waals surface area contributed by atoms with Gasteiger partial charge in [0.2, 0.25) is 0 Å². The molecule has 1 N–H and O–H groups in total. The minimum absolute atomic E-state index is 0.0826. The van der Waals surface area contributed by atoms with Gasteiger partial charge < -0.3 is 9.72 Å². The van der Waals surface area contributed by atoms with Gasteiger partial charge in [0.25, 0.3) is 5.56 Å². The summed E-state index contributed by atoms with van der Waals surface area (Å²) in [5.41, 5.74) is 3.79. The van der Waals surface area contributed by atoms with E-state index in [1.807, 2.05) is 72.3 Å². The largest absolute Gasteiger partial charge is 0.494 e. The normalized spacial score (nSPS) is 12.2. The summed E-state index contributed by atoms with van der Waals surface area (Å²) in [6, 6.07) is 28.3. The van der Waals surface area contributed by atoms with Gasteiger partial charge in [-0.05, 0) is 65.6 Å². The van der Waals surface area contributed by atoms with Gasteiger partial charge in [0.05, 0.1) is 12.6 Å². The Kier molecular flexibility index (Phi) is 8.43. The van der Waals surface area contributed by atoms with Crippen LogP contribution in [0.15, 0.2) is 89.7 Å². The summed E-state index contributed by atoms with van der Waals surface area (Å²) < 4.78 is 7.59. The number of hydrogen-bond acceptors (Lipinski definition) is 6. The third kappa shape index (κ3) is 6.41. The summed E-state index contributed by atoms with van der Waals surface area (Å²) >= 11 is 0. The molecule has 200 valence electrons. The Bertz CT molecular complexity index is 1550. The predicted octanol–water partition coefficient (Wildman–Crippen LogP) is 5.31. The molecule has 5 aromatic rings. The zero-order valence-corrected chi connectivity index (χ0v) is 22.5. The number of rotatable bonds is 12. The van der Waals surface area contributed by atoms with Crippen molar-refractivity contribution in [1.82, 2.24) is 30.1 Å². The van der Waals surface area contributed by atoms with Crippen LogP contribution < -0.4 is 10.3 Å². The van der Waals surface area contributed by atoms with Crippen LogP contribution in [-0.4, -0.2) is 36.7 Å². The number of aromatic amines is 1. The van der Waals surface area contributed by atoms with Crippen molar-refractivity contribution in [3.05, 3.63) is 118 Å². The minimum atomic E-state index is -0.0942. The fourth-order valence-corrected chi connectivity index (χ4v) is 5.01. The van der Waals surface area contributed by atoms with E-state index < -0.39 is 0 Å². The number of aromatic nitrogens is 5. The Morgan fingerprint density at radius 3 is 2.38 bits per heavy atom. The average molecular weight is 523 g/mol. The van der Waals surface area contributed by atoms with Gasteiger partial charge in [0.1, 0.15) is 5.75 Å². The summed E-state index contributed by atoms with van der Waals surface area (Å²) in [5.74, 6) is 1.59. The van der Waals surface area contributed by atoms with Crippen LogP contribution in [0.3, 0.4) is 0 Å². The lowest BCUT2D eigenvalue weighted by Crippen LogP contribution is -2.32. The molecule has 1 atom stereocenters. The van der Waals surface area contributed by atoms with Crippen molar-refractivity contribution in [2.45, 2.75) is 52.4 Å². The first-order chi connectivity index (χ1) is 19.1. The lowest BCUT2D eigenvalue weighted by molar-refractivity contribution is 0.160. The average Bonchev–Trinajstić information content (AvgIpc) is 3.42. The molecule has 39 heavy (non-hydrogen) atoms. The summed E-state index contributed by atoms with van der Waals surface area (Å²) in [7, 11) is 0. The number of benzene rings is 3. The highest BCUT2D eigenvalue weighted by Crippen LogP contribution is 2.27. The number of hydrogen-bond donors (Lipinski definition) is 1. The van der Waals surface area contributed by atoms with Gasteiger partial charge >= 0.3 is 0 Å². The van der Waals surface area contributed by atoms with Gasteiger partial charge in [-0.1, -0.05) is 67.6 Å². The lowest BCUT2D eigenvalue weighted by atomic mass is 10.1. The van der Waals surface area contributed by atoms with Crippen LogP contribution in [0.5, 0.6) is 5.75 Å². The zero-order chi connectivity index (χ0) is 27.0. The number of tetrazole rings is 1. The molecule has 0 radical (unpaired) electrons. The smallest absolute Gasteiger partial charge is 0.252 e. The molecule has 8 nitrogen and oxygen atoms in total. The summed E-state index contributed by atoms with van der Waals surface area (Å²) in [5, 5.41) is 13.8. The molecular formula is C31H34N6O2. The van der Waals surface area contributed by atoms with Crippen molar-refractivity contribution in [3.8, 4) is 5.75 Å². The molecule has 2 heterocycles. The third-order valence-corrected chi connectivity index (χ3v) is 6.95. The Labute approximate surface area is 228 Å². The summed E-state index contributed by atoms with van der Waals surface area (Å²) in [6.07, 6.45) is 1.62. The highest BCUT2D eigenvalue weighted by molar-refractivity contribution is 5.80. The van der Waals surface area contributed by atoms with Crippen molar-refractivity contribution in [1.29, 1.82) is 0 Å². The van der Waals surface area contributed by atoms with Crippen molar-refractivity contribution in [3.63, 3.8) is 0 Å². The molecule has 8 heteroatoms. The third-order valence-electron chi connectivity index (χ3n) is 6.95. The number of nitrogens with zero attached hydrogens (tertiary/aromatic N) is 5. The Morgan fingerprint density at radius 2 is 1.67 bits per heavy atom. The van der Waals surface area contributed by atoms with Gasteiger partial charge in [-0.2, -0.15) is 0 Å². The van der Waals surface area contributed by atoms with E-state index in [0.29, 0.717) is 31.8 Å². The van der Waals surface area contributed by atoms with E-state index in [9.17, 15) is 4.79 Å². The van der Waals surface area contributed by atoms with Crippen LogP contribution >= 0.6 is 0 Å². The van der Waals surface area contributed by atoms with Gasteiger partial charge in [-0.25, -0.2) is 4.68 Å². The van der Waals surface area contributed by atoms with Crippen LogP contribution in [0, 0.1) is 0 Å². The van der Waals surface area contributed by atoms with Crippen molar-refractivity contribution in [2.24, 2.45) is 0 Å². The second kappa shape index (κ2) is 12.5. The van der Waals surface area contributed by atoms with Crippen LogP contribution in [0.4, 0.5) is 0 Å². The first kappa shape index (κ1) is 26.3. The minimum Gasteiger partial charge on any atom is -0.494 e. The number of aryl methyl sites for hydroxylation is 2. The Morgan fingerprint density at radius 1 is 0.923 bits per heavy atom. The number of fused-ring (bicyclic) bond motifs is 1. The number of ether oxygens (including phenoxy) is 1. The van der Waals surface area contributed by atoms with Crippen LogP contribution in [-0.2, 0) is 26.1 Å². The van der Waals surface area contributed by atoms with Gasteiger partial charge in [-0.3, -0.25) is 9.69 Å². The highest BCUT2D eigenvalue weighted by Gasteiger charge is 2.26. The second-order valence-electron chi connectivity index (χ2n) is 9.62. The molecule has 3 aromatic carbocycles. The van der Waals surface area contributed by atoms with Crippen molar-refractivity contribution < 1.29 is 4.74 Å². The SMILES string of the molecule is CCOc1ccc2[nH]c(=O)c(CN(Cc3ccccc3)[C@@H](CC)c3nnnn3CCc3ccccc3)cc2c1. The van der Waals surface area contributed by atoms with E-state index in [1.165, 1.54) is 5.56 Å². The van der Waals surface area contributed by atoms with E-state index in [2.05, 4.69) is 56.6 Å². The van der Waals surface area contributed by atoms with Crippen LogP contribution in [0.2, 0.25) is 0 Å². The molecule has 0 aliphatic rings. The van der Waals surface area contributed by atoms with E-state index in [1.54, 1.807) is 0 Å². The van der Waals surface area contributed by atoms with E-state index in [4.69, 9.17) is 4.74 Å². The van der Waals surface area contributed by atoms with Crippen LogP contribution in [0.1, 0.15) is 48.8 Å². The Hall–Kier alpha value is -4.30. The van der Waals surface area contributed by atoms with Gasteiger partial charge in [0.15, 0.2) is 5.82 Å². The molecule has 0 bridgehead atoms. The topological polar surface area (TPSA) is 88.9 Å². The zero-order valence-electron chi connectivity index (χ0n) is 22.5. The molecular weight excluding hydrogens is 488 g/mol. The number of nitrogens with one attached hydrogen (secondary N) is 1. The standard InChI is InChI=1S/C31H34N6O2/c1-3-29(30-33-34-35-37(30)18-17-23-11-7-5-8-12-23)36(21-24-13-9-6-10-14-24)22-26-19-25-20-27(39-4-2)15-16-28(25)32-31(26)38/h5-16,19-20,29H,3-4,17-18,21-22H2,1-2H3,(H,32,38)/t29-/m0/s1. The van der Waals surface area contributed by atoms with E-state index in [-0.39, 0.29) is 11.6 Å². The fraction of sp³-hybridized carbons (Fsp3) is 0.290. The van der Waals surface area contributed by atoms with Crippen molar-refractivity contribution >= 4 is 10.9 Å². The molecule has 0 aliphatic heterocycles. The molecule has 0 saturated heterocycles. The second-order valence-corrected chi connectivity index (χ2v) is 9.62. The van der Waals surface area contributed by atoms with E-state index >= 15 is 0 Å². The molecule has 0 fully saturated rings. The Balaban J connectivity index is 1.47. The molecule has 0 aliphatic carbocycles. The molecule has 2 aromatic heterocycles. The summed E-state index contributed by atoms with van der Waals surface area (Å²) in [4.78, 5) is 18.5. The highest BCUT2D eigenvalue weighted by atomic mass is 16.5. The first-order valence-electron chi connectivity index (χ1n) is 13.5. The van der Waals surface area contributed by atoms with Gasteiger partial charge in [0, 0.05) is 36.1 Å². The van der Waals surface area contributed by atoms with Crippen LogP contribution in [0.25, 0.3) is 10.9 Å². The maximum absolute atomic E-state index is 13.2. The number of pyridine rings is 1. The quantitative estimate of drug-likeness (QED) is 0.239. The molecule has 0 unspecified atom stereocenters. The van der Waals surface area contributed by atoms with Gasteiger partial charge in [-0.15, -0.1) is 5.10 Å². The van der Waals surface area contributed by atoms with E-state index in [0.717, 1.165) is 40.9 Å². The number of H-pyrrole nitrogens is 1. The molecule has 0 spiro atoms. The molecule has 5 rings (SSSR count). The fourth-order valence-electron chi connectivity index (χ4n) is 5.01. The lowest BCUT2D eigenvalue weighted by Gasteiger charge is -2.30. The first-order valence-corrected chi connectivity index (χ1v) is 13.5. The summed E-state index contributed by atoms with van der Waals surface area (Å²) in [6.45, 7) is 6.47. The predicted molar refractivity (Wildman–Crippen MR) is 152 cm³/mol. The molecule has 0 amide bonds. The maximum Gasteiger partial charge on any atom is 0.252 e. The molecule has 0 saturated carbocycles. The maximum atomic E-state index is 13.2. The van der Waals surface area contributed by atoms with Crippen molar-refractivity contribution in [2.75, 3.05) is 6.61 Å².